The van der Waals surface area contributed by atoms with Gasteiger partial charge in [-0.25, -0.2) is 0 Å². The number of hydrogen-bond donors (Lipinski definition) is 0. The van der Waals surface area contributed by atoms with Crippen LogP contribution in [0.2, 0.25) is 0 Å². The number of hydrogen-bond acceptors (Lipinski definition) is 2. The van der Waals surface area contributed by atoms with Crippen molar-refractivity contribution in [3.05, 3.63) is 51.0 Å². The summed E-state index contributed by atoms with van der Waals surface area (Å²) >= 11 is 3.48. The van der Waals surface area contributed by atoms with Crippen LogP contribution in [-0.4, -0.2) is 28.5 Å². The van der Waals surface area contributed by atoms with Crippen molar-refractivity contribution in [2.45, 2.75) is 46.6 Å². The Hall–Kier alpha value is -1.66. The SMILES string of the molecule is CCOCCn1/c(=N/C(=O)c2cccc(Br)c2C)cc(C(C)(C)C)n1C. The smallest absolute Gasteiger partial charge is 0.279 e. The van der Waals surface area contributed by atoms with E-state index in [0.29, 0.717) is 30.8 Å². The van der Waals surface area contributed by atoms with Gasteiger partial charge in [-0.1, -0.05) is 42.8 Å². The van der Waals surface area contributed by atoms with E-state index in [1.807, 2.05) is 49.8 Å². The van der Waals surface area contributed by atoms with Crippen LogP contribution in [0.4, 0.5) is 0 Å². The molecular formula is C20H28BrN3O2. The zero-order valence-corrected chi connectivity index (χ0v) is 18.1. The lowest BCUT2D eigenvalue weighted by molar-refractivity contribution is 0.0994. The molecule has 0 fully saturated rings. The Labute approximate surface area is 163 Å². The number of ether oxygens (including phenoxy) is 1. The summed E-state index contributed by atoms with van der Waals surface area (Å²) in [5.41, 5.74) is 3.23. The third-order valence-corrected chi connectivity index (χ3v) is 5.23. The number of benzene rings is 1. The molecule has 142 valence electrons. The first-order valence-electron chi connectivity index (χ1n) is 8.86. The molecule has 26 heavy (non-hydrogen) atoms. The predicted octanol–water partition coefficient (Wildman–Crippen LogP) is 3.97. The first kappa shape index (κ1) is 20.6. The second-order valence-corrected chi connectivity index (χ2v) is 8.17. The molecule has 0 spiro atoms. The number of rotatable bonds is 5. The number of carbonyl (C=O) groups is 1. The van der Waals surface area contributed by atoms with E-state index in [4.69, 9.17) is 4.74 Å². The topological polar surface area (TPSA) is 48.5 Å². The molecule has 0 atom stereocenters. The number of amides is 1. The van der Waals surface area contributed by atoms with Crippen LogP contribution < -0.4 is 5.49 Å². The van der Waals surface area contributed by atoms with Gasteiger partial charge in [0.05, 0.1) is 13.2 Å². The highest BCUT2D eigenvalue weighted by Gasteiger charge is 2.20. The monoisotopic (exact) mass is 421 g/mol. The van der Waals surface area contributed by atoms with E-state index >= 15 is 0 Å². The highest BCUT2D eigenvalue weighted by molar-refractivity contribution is 9.10. The minimum absolute atomic E-state index is 0.0510. The first-order valence-corrected chi connectivity index (χ1v) is 9.65. The quantitative estimate of drug-likeness (QED) is 0.685. The average molecular weight is 422 g/mol. The van der Waals surface area contributed by atoms with E-state index in [-0.39, 0.29) is 11.3 Å². The number of aromatic nitrogens is 2. The minimum atomic E-state index is -0.236. The van der Waals surface area contributed by atoms with Gasteiger partial charge < -0.3 is 4.74 Å². The molecule has 1 aromatic carbocycles. The highest BCUT2D eigenvalue weighted by atomic mass is 79.9. The highest BCUT2D eigenvalue weighted by Crippen LogP contribution is 2.21. The molecule has 1 aromatic heterocycles. The Morgan fingerprint density at radius 3 is 2.62 bits per heavy atom. The van der Waals surface area contributed by atoms with Gasteiger partial charge in [0, 0.05) is 40.9 Å². The molecule has 0 saturated carbocycles. The van der Waals surface area contributed by atoms with Crippen molar-refractivity contribution in [3.63, 3.8) is 0 Å². The normalized spacial score (nSPS) is 12.7. The molecule has 5 nitrogen and oxygen atoms in total. The molecule has 0 aliphatic rings. The van der Waals surface area contributed by atoms with E-state index in [1.54, 1.807) is 0 Å². The molecule has 0 bridgehead atoms. The maximum Gasteiger partial charge on any atom is 0.279 e. The molecule has 0 saturated heterocycles. The van der Waals surface area contributed by atoms with E-state index < -0.39 is 0 Å². The van der Waals surface area contributed by atoms with Gasteiger partial charge in [0.15, 0.2) is 5.49 Å². The van der Waals surface area contributed by atoms with Gasteiger partial charge in [0.25, 0.3) is 5.91 Å². The lowest BCUT2D eigenvalue weighted by Gasteiger charge is -2.20. The summed E-state index contributed by atoms with van der Waals surface area (Å²) in [6, 6.07) is 7.59. The van der Waals surface area contributed by atoms with Crippen LogP contribution in [0.3, 0.4) is 0 Å². The van der Waals surface area contributed by atoms with Gasteiger partial charge >= 0.3 is 0 Å². The van der Waals surface area contributed by atoms with Gasteiger partial charge in [0.1, 0.15) is 0 Å². The Morgan fingerprint density at radius 2 is 2.00 bits per heavy atom. The van der Waals surface area contributed by atoms with Crippen molar-refractivity contribution in [2.75, 3.05) is 13.2 Å². The van der Waals surface area contributed by atoms with Gasteiger partial charge in [-0.15, -0.1) is 0 Å². The van der Waals surface area contributed by atoms with Crippen LogP contribution >= 0.6 is 15.9 Å². The second kappa shape index (κ2) is 8.35. The largest absolute Gasteiger partial charge is 0.380 e. The summed E-state index contributed by atoms with van der Waals surface area (Å²) in [4.78, 5) is 17.2. The van der Waals surface area contributed by atoms with Crippen LogP contribution in [0.25, 0.3) is 0 Å². The number of nitrogens with zero attached hydrogens (tertiary/aromatic N) is 3. The van der Waals surface area contributed by atoms with Crippen molar-refractivity contribution < 1.29 is 9.53 Å². The summed E-state index contributed by atoms with van der Waals surface area (Å²) in [5.74, 6) is -0.236. The van der Waals surface area contributed by atoms with Gasteiger partial charge in [-0.05, 0) is 31.5 Å². The Bertz CT molecular complexity index is 857. The zero-order chi connectivity index (χ0) is 19.5. The van der Waals surface area contributed by atoms with Gasteiger partial charge in [0.2, 0.25) is 0 Å². The molecule has 0 radical (unpaired) electrons. The van der Waals surface area contributed by atoms with Crippen LogP contribution in [0.5, 0.6) is 0 Å². The Balaban J connectivity index is 2.53. The molecule has 6 heteroatoms. The molecule has 1 heterocycles. The lowest BCUT2D eigenvalue weighted by Crippen LogP contribution is -2.27. The number of halogens is 1. The van der Waals surface area contributed by atoms with E-state index in [1.165, 1.54) is 0 Å². The summed E-state index contributed by atoms with van der Waals surface area (Å²) in [7, 11) is 2.00. The minimum Gasteiger partial charge on any atom is -0.380 e. The lowest BCUT2D eigenvalue weighted by atomic mass is 9.92. The molecule has 1 amide bonds. The van der Waals surface area contributed by atoms with E-state index in [0.717, 1.165) is 15.7 Å². The van der Waals surface area contributed by atoms with E-state index in [2.05, 4.69) is 46.4 Å². The van der Waals surface area contributed by atoms with Crippen LogP contribution in [-0.2, 0) is 23.7 Å². The van der Waals surface area contributed by atoms with Crippen molar-refractivity contribution >= 4 is 21.8 Å². The molecule has 0 N–H and O–H groups in total. The number of carbonyl (C=O) groups excluding carboxylic acids is 1. The maximum atomic E-state index is 12.8. The standard InChI is InChI=1S/C20H28BrN3O2/c1-7-26-12-11-24-18(13-17(23(24)6)20(3,4)5)22-19(25)15-9-8-10-16(21)14(15)2/h8-10,13H,7,11-12H2,1-6H3/b22-18+. The van der Waals surface area contributed by atoms with Crippen molar-refractivity contribution in [1.82, 2.24) is 9.36 Å². The summed E-state index contributed by atoms with van der Waals surface area (Å²) in [5, 5.41) is 0. The molecule has 2 aromatic rings. The third-order valence-electron chi connectivity index (χ3n) is 4.38. The fraction of sp³-hybridized carbons (Fsp3) is 0.500. The Kier molecular flexibility index (Phi) is 6.64. The van der Waals surface area contributed by atoms with Crippen LogP contribution in [0.15, 0.2) is 33.7 Å². The second-order valence-electron chi connectivity index (χ2n) is 7.31. The molecule has 0 aliphatic carbocycles. The van der Waals surface area contributed by atoms with Gasteiger partial charge in [-0.3, -0.25) is 14.2 Å². The summed E-state index contributed by atoms with van der Waals surface area (Å²) in [6.45, 7) is 12.2. The van der Waals surface area contributed by atoms with Crippen molar-refractivity contribution in [1.29, 1.82) is 0 Å². The van der Waals surface area contributed by atoms with E-state index in [9.17, 15) is 4.79 Å². The van der Waals surface area contributed by atoms with Gasteiger partial charge in [-0.2, -0.15) is 4.99 Å². The molecule has 0 aliphatic heterocycles. The average Bonchev–Trinajstić information content (AvgIpc) is 2.87. The first-order chi connectivity index (χ1) is 12.2. The molecular weight excluding hydrogens is 394 g/mol. The maximum absolute atomic E-state index is 12.8. The third kappa shape index (κ3) is 4.54. The fourth-order valence-electron chi connectivity index (χ4n) is 2.93. The zero-order valence-electron chi connectivity index (χ0n) is 16.5. The van der Waals surface area contributed by atoms with Crippen molar-refractivity contribution in [3.8, 4) is 0 Å². The summed E-state index contributed by atoms with van der Waals surface area (Å²) in [6.07, 6.45) is 0. The fourth-order valence-corrected chi connectivity index (χ4v) is 3.30. The van der Waals surface area contributed by atoms with Crippen molar-refractivity contribution in [2.24, 2.45) is 12.0 Å². The predicted molar refractivity (Wildman–Crippen MR) is 107 cm³/mol. The van der Waals surface area contributed by atoms with Crippen LogP contribution in [0, 0.1) is 6.92 Å². The Morgan fingerprint density at radius 1 is 1.31 bits per heavy atom. The van der Waals surface area contributed by atoms with Crippen LogP contribution in [0.1, 0.15) is 49.3 Å². The molecule has 2 rings (SSSR count). The summed E-state index contributed by atoms with van der Waals surface area (Å²) < 4.78 is 10.5. The molecule has 0 unspecified atom stereocenters.